The highest BCUT2D eigenvalue weighted by Crippen LogP contribution is 2.27. The first-order chi connectivity index (χ1) is 8.35. The van der Waals surface area contributed by atoms with Crippen molar-refractivity contribution in [2.45, 2.75) is 32.3 Å². The van der Waals surface area contributed by atoms with Crippen LogP contribution in [-0.4, -0.2) is 17.7 Å². The number of carbonyl (C=O) groups excluding carboxylic acids is 1. The van der Waals surface area contributed by atoms with Crippen LogP contribution in [0.2, 0.25) is 0 Å². The molecule has 100 valence electrons. The van der Waals surface area contributed by atoms with Crippen LogP contribution < -0.4 is 0 Å². The second kappa shape index (κ2) is 5.91. The zero-order valence-electron chi connectivity index (χ0n) is 10.4. The van der Waals surface area contributed by atoms with E-state index in [0.717, 1.165) is 18.2 Å². The van der Waals surface area contributed by atoms with E-state index in [4.69, 9.17) is 4.74 Å². The molecule has 0 fully saturated rings. The third-order valence-corrected chi connectivity index (χ3v) is 2.61. The van der Waals surface area contributed by atoms with Gasteiger partial charge in [-0.05, 0) is 38.0 Å². The number of benzene rings is 1. The minimum atomic E-state index is -1.48. The van der Waals surface area contributed by atoms with Crippen molar-refractivity contribution in [2.24, 2.45) is 0 Å². The molecule has 0 aliphatic heterocycles. The van der Waals surface area contributed by atoms with Crippen LogP contribution in [0.5, 0.6) is 0 Å². The van der Waals surface area contributed by atoms with Crippen molar-refractivity contribution in [3.63, 3.8) is 0 Å². The van der Waals surface area contributed by atoms with Crippen LogP contribution >= 0.6 is 0 Å². The maximum absolute atomic E-state index is 13.0. The van der Waals surface area contributed by atoms with E-state index in [-0.39, 0.29) is 25.0 Å². The Morgan fingerprint density at radius 1 is 1.33 bits per heavy atom. The molecule has 0 saturated heterocycles. The summed E-state index contributed by atoms with van der Waals surface area (Å²) >= 11 is 0. The van der Waals surface area contributed by atoms with Crippen molar-refractivity contribution < 1.29 is 23.4 Å². The number of halogens is 2. The largest absolute Gasteiger partial charge is 0.466 e. The van der Waals surface area contributed by atoms with E-state index in [2.05, 4.69) is 0 Å². The Morgan fingerprint density at radius 2 is 1.89 bits per heavy atom. The molecule has 0 aromatic heterocycles. The number of hydrogen-bond acceptors (Lipinski definition) is 3. The van der Waals surface area contributed by atoms with Gasteiger partial charge in [-0.2, -0.15) is 0 Å². The molecule has 1 aromatic carbocycles. The number of aliphatic hydroxyl groups is 1. The first kappa shape index (κ1) is 14.6. The Balaban J connectivity index is 2.76. The van der Waals surface area contributed by atoms with E-state index < -0.39 is 23.2 Å². The molecule has 0 heterocycles. The lowest BCUT2D eigenvalue weighted by Crippen LogP contribution is -2.23. The molecule has 0 aliphatic carbocycles. The Kier molecular flexibility index (Phi) is 4.78. The number of carbonyl (C=O) groups is 1. The van der Waals surface area contributed by atoms with Gasteiger partial charge in [0.2, 0.25) is 0 Å². The highest BCUT2D eigenvalue weighted by molar-refractivity contribution is 5.69. The lowest BCUT2D eigenvalue weighted by molar-refractivity contribution is -0.144. The van der Waals surface area contributed by atoms with Gasteiger partial charge in [0.05, 0.1) is 12.2 Å². The summed E-state index contributed by atoms with van der Waals surface area (Å²) in [5.41, 5.74) is -1.38. The van der Waals surface area contributed by atoms with Crippen LogP contribution in [-0.2, 0) is 15.1 Å². The lowest BCUT2D eigenvalue weighted by Gasteiger charge is -2.23. The molecule has 1 aromatic rings. The van der Waals surface area contributed by atoms with Crippen LogP contribution in [0.4, 0.5) is 8.78 Å². The number of esters is 1. The van der Waals surface area contributed by atoms with Gasteiger partial charge < -0.3 is 9.84 Å². The molecule has 1 atom stereocenters. The predicted molar refractivity (Wildman–Crippen MR) is 61.8 cm³/mol. The molecule has 5 heteroatoms. The lowest BCUT2D eigenvalue weighted by atomic mass is 9.91. The Labute approximate surface area is 104 Å². The molecule has 1 rings (SSSR count). The minimum Gasteiger partial charge on any atom is -0.466 e. The van der Waals surface area contributed by atoms with Gasteiger partial charge in [0.15, 0.2) is 0 Å². The van der Waals surface area contributed by atoms with Crippen LogP contribution in [0.1, 0.15) is 32.3 Å². The fourth-order valence-electron chi connectivity index (χ4n) is 1.59. The number of hydrogen-bond donors (Lipinski definition) is 1. The van der Waals surface area contributed by atoms with Crippen molar-refractivity contribution in [1.82, 2.24) is 0 Å². The Bertz CT molecular complexity index is 410. The summed E-state index contributed by atoms with van der Waals surface area (Å²) in [4.78, 5) is 11.2. The molecule has 1 unspecified atom stereocenters. The van der Waals surface area contributed by atoms with Crippen molar-refractivity contribution in [2.75, 3.05) is 6.61 Å². The standard InChI is InChI=1S/C13H16F2O3/c1-3-18-12(16)4-5-13(2,17)9-6-10(14)8-11(15)7-9/h6-8,17H,3-5H2,1-2H3. The van der Waals surface area contributed by atoms with Crippen molar-refractivity contribution >= 4 is 5.97 Å². The zero-order chi connectivity index (χ0) is 13.8. The SMILES string of the molecule is CCOC(=O)CCC(C)(O)c1cc(F)cc(F)c1. The first-order valence-corrected chi connectivity index (χ1v) is 5.69. The van der Waals surface area contributed by atoms with Crippen LogP contribution in [0.15, 0.2) is 18.2 Å². The van der Waals surface area contributed by atoms with Crippen molar-refractivity contribution in [3.05, 3.63) is 35.4 Å². The predicted octanol–water partition coefficient (Wildman–Crippen LogP) is 2.52. The van der Waals surface area contributed by atoms with E-state index in [9.17, 15) is 18.7 Å². The van der Waals surface area contributed by atoms with Gasteiger partial charge in [0.1, 0.15) is 11.6 Å². The topological polar surface area (TPSA) is 46.5 Å². The second-order valence-electron chi connectivity index (χ2n) is 4.24. The molecule has 0 spiro atoms. The summed E-state index contributed by atoms with van der Waals surface area (Å²) in [6, 6.07) is 2.83. The fourth-order valence-corrected chi connectivity index (χ4v) is 1.59. The quantitative estimate of drug-likeness (QED) is 0.825. The first-order valence-electron chi connectivity index (χ1n) is 5.69. The normalized spacial score (nSPS) is 14.1. The summed E-state index contributed by atoms with van der Waals surface area (Å²) < 4.78 is 30.8. The fraction of sp³-hybridized carbons (Fsp3) is 0.462. The number of rotatable bonds is 5. The molecule has 0 amide bonds. The van der Waals surface area contributed by atoms with Gasteiger partial charge in [-0.1, -0.05) is 0 Å². The van der Waals surface area contributed by atoms with Crippen LogP contribution in [0.3, 0.4) is 0 Å². The molecule has 0 aliphatic rings. The van der Waals surface area contributed by atoms with Gasteiger partial charge in [-0.25, -0.2) is 8.78 Å². The molecular formula is C13H16F2O3. The van der Waals surface area contributed by atoms with Gasteiger partial charge in [0.25, 0.3) is 0 Å². The van der Waals surface area contributed by atoms with Crippen LogP contribution in [0.25, 0.3) is 0 Å². The summed E-state index contributed by atoms with van der Waals surface area (Å²) in [5, 5.41) is 10.1. The smallest absolute Gasteiger partial charge is 0.305 e. The van der Waals surface area contributed by atoms with E-state index >= 15 is 0 Å². The molecule has 0 saturated carbocycles. The van der Waals surface area contributed by atoms with Gasteiger partial charge in [0, 0.05) is 12.5 Å². The minimum absolute atomic E-state index is 0.0149. The molecule has 18 heavy (non-hydrogen) atoms. The monoisotopic (exact) mass is 258 g/mol. The van der Waals surface area contributed by atoms with Gasteiger partial charge in [-0.15, -0.1) is 0 Å². The zero-order valence-corrected chi connectivity index (χ0v) is 10.4. The summed E-state index contributed by atoms with van der Waals surface area (Å²) in [6.07, 6.45) is 0.0215. The number of ether oxygens (including phenoxy) is 1. The molecule has 0 bridgehead atoms. The highest BCUT2D eigenvalue weighted by Gasteiger charge is 2.25. The second-order valence-corrected chi connectivity index (χ2v) is 4.24. The summed E-state index contributed by atoms with van der Waals surface area (Å²) in [7, 11) is 0. The average molecular weight is 258 g/mol. The van der Waals surface area contributed by atoms with Crippen molar-refractivity contribution in [3.8, 4) is 0 Å². The maximum Gasteiger partial charge on any atom is 0.305 e. The molecule has 3 nitrogen and oxygen atoms in total. The van der Waals surface area contributed by atoms with E-state index in [0.29, 0.717) is 0 Å². The van der Waals surface area contributed by atoms with Gasteiger partial charge in [-0.3, -0.25) is 4.79 Å². The highest BCUT2D eigenvalue weighted by atomic mass is 19.1. The molecule has 0 radical (unpaired) electrons. The van der Waals surface area contributed by atoms with E-state index in [1.807, 2.05) is 0 Å². The molecule has 1 N–H and O–H groups in total. The van der Waals surface area contributed by atoms with Gasteiger partial charge >= 0.3 is 5.97 Å². The van der Waals surface area contributed by atoms with Crippen LogP contribution in [0, 0.1) is 11.6 Å². The Hall–Kier alpha value is -1.49. The van der Waals surface area contributed by atoms with E-state index in [1.165, 1.54) is 6.92 Å². The third kappa shape index (κ3) is 4.07. The summed E-state index contributed by atoms with van der Waals surface area (Å²) in [5.74, 6) is -1.97. The van der Waals surface area contributed by atoms with Crippen molar-refractivity contribution in [1.29, 1.82) is 0 Å². The maximum atomic E-state index is 13.0. The Morgan fingerprint density at radius 3 is 2.39 bits per heavy atom. The average Bonchev–Trinajstić information content (AvgIpc) is 2.26. The van der Waals surface area contributed by atoms with E-state index in [1.54, 1.807) is 6.92 Å². The summed E-state index contributed by atoms with van der Waals surface area (Å²) in [6.45, 7) is 3.34. The molecular weight excluding hydrogens is 242 g/mol. The third-order valence-electron chi connectivity index (χ3n) is 2.61.